The SMILES string of the molecule is CCC(C)C(N)C(=O)Nc1ccc(C)c(NC(=O)CN2CCCCC2)c1. The van der Waals surface area contributed by atoms with E-state index in [1.54, 1.807) is 6.07 Å². The number of carbonyl (C=O) groups is 2. The summed E-state index contributed by atoms with van der Waals surface area (Å²) in [6.07, 6.45) is 4.41. The predicted molar refractivity (Wildman–Crippen MR) is 106 cm³/mol. The molecule has 0 aromatic heterocycles. The third-order valence-electron chi connectivity index (χ3n) is 5.15. The van der Waals surface area contributed by atoms with Crippen molar-refractivity contribution in [1.82, 2.24) is 4.90 Å². The molecule has 2 unspecified atom stereocenters. The molecule has 0 radical (unpaired) electrons. The number of amides is 2. The van der Waals surface area contributed by atoms with E-state index in [1.165, 1.54) is 6.42 Å². The standard InChI is InChI=1S/C20H32N4O2/c1-4-14(2)19(21)20(26)22-16-9-8-15(3)17(12-16)23-18(25)13-24-10-6-5-7-11-24/h8-9,12,14,19H,4-7,10-11,13,21H2,1-3H3,(H,22,26)(H,23,25). The third kappa shape index (κ3) is 5.81. The number of hydrogen-bond acceptors (Lipinski definition) is 4. The number of aryl methyl sites for hydroxylation is 1. The Morgan fingerprint density at radius 2 is 1.88 bits per heavy atom. The second-order valence-corrected chi connectivity index (χ2v) is 7.32. The van der Waals surface area contributed by atoms with Crippen LogP contribution < -0.4 is 16.4 Å². The fourth-order valence-electron chi connectivity index (χ4n) is 3.08. The molecule has 1 fully saturated rings. The maximum absolute atomic E-state index is 12.3. The Balaban J connectivity index is 1.97. The van der Waals surface area contributed by atoms with Gasteiger partial charge in [0.15, 0.2) is 0 Å². The van der Waals surface area contributed by atoms with Crippen LogP contribution in [-0.4, -0.2) is 42.4 Å². The van der Waals surface area contributed by atoms with Crippen LogP contribution in [0.25, 0.3) is 0 Å². The number of rotatable bonds is 7. The number of hydrogen-bond donors (Lipinski definition) is 3. The quantitative estimate of drug-likeness (QED) is 0.698. The van der Waals surface area contributed by atoms with Gasteiger partial charge in [-0.05, 0) is 56.5 Å². The van der Waals surface area contributed by atoms with Crippen LogP contribution in [0.15, 0.2) is 18.2 Å². The summed E-state index contributed by atoms with van der Waals surface area (Å²) in [5, 5.41) is 5.82. The molecule has 6 heteroatoms. The second kappa shape index (κ2) is 9.69. The van der Waals surface area contributed by atoms with Crippen molar-refractivity contribution in [2.45, 2.75) is 52.5 Å². The topological polar surface area (TPSA) is 87.5 Å². The molecular formula is C20H32N4O2. The molecule has 0 spiro atoms. The van der Waals surface area contributed by atoms with E-state index >= 15 is 0 Å². The van der Waals surface area contributed by atoms with Gasteiger partial charge in [0.25, 0.3) is 0 Å². The molecule has 1 saturated heterocycles. The molecule has 4 N–H and O–H groups in total. The van der Waals surface area contributed by atoms with Crippen LogP contribution in [0.1, 0.15) is 45.1 Å². The molecule has 6 nitrogen and oxygen atoms in total. The van der Waals surface area contributed by atoms with Crippen LogP contribution in [0, 0.1) is 12.8 Å². The summed E-state index contributed by atoms with van der Waals surface area (Å²) < 4.78 is 0. The molecule has 1 aliphatic heterocycles. The number of nitrogens with zero attached hydrogens (tertiary/aromatic N) is 1. The van der Waals surface area contributed by atoms with E-state index in [0.717, 1.165) is 43.6 Å². The molecule has 2 atom stereocenters. The number of carbonyl (C=O) groups excluding carboxylic acids is 2. The first-order chi connectivity index (χ1) is 12.4. The Morgan fingerprint density at radius 3 is 2.54 bits per heavy atom. The van der Waals surface area contributed by atoms with E-state index in [-0.39, 0.29) is 17.7 Å². The van der Waals surface area contributed by atoms with Crippen molar-refractivity contribution in [3.63, 3.8) is 0 Å². The summed E-state index contributed by atoms with van der Waals surface area (Å²) in [5.74, 6) is -0.104. The number of likely N-dealkylation sites (tertiary alicyclic amines) is 1. The summed E-state index contributed by atoms with van der Waals surface area (Å²) in [6, 6.07) is 4.97. The molecule has 2 rings (SSSR count). The summed E-state index contributed by atoms with van der Waals surface area (Å²) >= 11 is 0. The molecule has 0 saturated carbocycles. The Labute approximate surface area is 156 Å². The molecule has 0 aliphatic carbocycles. The van der Waals surface area contributed by atoms with Crippen LogP contribution in [0.3, 0.4) is 0 Å². The number of nitrogens with two attached hydrogens (primary N) is 1. The zero-order chi connectivity index (χ0) is 19.1. The average molecular weight is 361 g/mol. The molecular weight excluding hydrogens is 328 g/mol. The molecule has 26 heavy (non-hydrogen) atoms. The molecule has 1 heterocycles. The minimum Gasteiger partial charge on any atom is -0.325 e. The summed E-state index contributed by atoms with van der Waals surface area (Å²) in [5.41, 5.74) is 8.31. The van der Waals surface area contributed by atoms with Gasteiger partial charge in [0.1, 0.15) is 0 Å². The fourth-order valence-corrected chi connectivity index (χ4v) is 3.08. The van der Waals surface area contributed by atoms with Gasteiger partial charge in [0.2, 0.25) is 11.8 Å². The van der Waals surface area contributed by atoms with Crippen molar-refractivity contribution in [3.8, 4) is 0 Å². The number of anilines is 2. The van der Waals surface area contributed by atoms with E-state index < -0.39 is 6.04 Å². The van der Waals surface area contributed by atoms with Gasteiger partial charge in [0, 0.05) is 11.4 Å². The van der Waals surface area contributed by atoms with Gasteiger partial charge in [-0.15, -0.1) is 0 Å². The molecule has 0 bridgehead atoms. The number of nitrogens with one attached hydrogen (secondary N) is 2. The molecule has 2 amide bonds. The van der Waals surface area contributed by atoms with Crippen molar-refractivity contribution in [2.24, 2.45) is 11.7 Å². The normalized spacial score (nSPS) is 17.4. The monoisotopic (exact) mass is 360 g/mol. The zero-order valence-electron chi connectivity index (χ0n) is 16.2. The zero-order valence-corrected chi connectivity index (χ0v) is 16.2. The largest absolute Gasteiger partial charge is 0.325 e. The highest BCUT2D eigenvalue weighted by molar-refractivity contribution is 5.97. The first-order valence-electron chi connectivity index (χ1n) is 9.60. The van der Waals surface area contributed by atoms with Crippen molar-refractivity contribution in [2.75, 3.05) is 30.3 Å². The molecule has 1 aliphatic rings. The van der Waals surface area contributed by atoms with Crippen molar-refractivity contribution < 1.29 is 9.59 Å². The summed E-state index contributed by atoms with van der Waals surface area (Å²) in [7, 11) is 0. The lowest BCUT2D eigenvalue weighted by molar-refractivity contribution is -0.118. The first kappa shape index (κ1) is 20.4. The Hall–Kier alpha value is -1.92. The van der Waals surface area contributed by atoms with Crippen molar-refractivity contribution >= 4 is 23.2 Å². The second-order valence-electron chi connectivity index (χ2n) is 7.32. The summed E-state index contributed by atoms with van der Waals surface area (Å²) in [6.45, 7) is 8.29. The van der Waals surface area contributed by atoms with E-state index in [9.17, 15) is 9.59 Å². The Bertz CT molecular complexity index is 626. The van der Waals surface area contributed by atoms with Gasteiger partial charge in [0.05, 0.1) is 12.6 Å². The smallest absolute Gasteiger partial charge is 0.241 e. The lowest BCUT2D eigenvalue weighted by atomic mass is 9.99. The molecule has 1 aromatic rings. The fraction of sp³-hybridized carbons (Fsp3) is 0.600. The highest BCUT2D eigenvalue weighted by Gasteiger charge is 2.20. The van der Waals surface area contributed by atoms with Gasteiger partial charge in [-0.2, -0.15) is 0 Å². The highest BCUT2D eigenvalue weighted by atomic mass is 16.2. The number of piperidine rings is 1. The minimum atomic E-state index is -0.543. The van der Waals surface area contributed by atoms with Crippen molar-refractivity contribution in [3.05, 3.63) is 23.8 Å². The van der Waals surface area contributed by atoms with E-state index in [2.05, 4.69) is 15.5 Å². The van der Waals surface area contributed by atoms with E-state index in [0.29, 0.717) is 12.2 Å². The Kier molecular flexibility index (Phi) is 7.60. The van der Waals surface area contributed by atoms with E-state index in [4.69, 9.17) is 5.73 Å². The van der Waals surface area contributed by atoms with E-state index in [1.807, 2.05) is 32.9 Å². The maximum Gasteiger partial charge on any atom is 0.241 e. The van der Waals surface area contributed by atoms with Crippen LogP contribution in [0.2, 0.25) is 0 Å². The third-order valence-corrected chi connectivity index (χ3v) is 5.15. The lowest BCUT2D eigenvalue weighted by Gasteiger charge is -2.25. The molecule has 144 valence electrons. The van der Waals surface area contributed by atoms with Crippen LogP contribution in [0.4, 0.5) is 11.4 Å². The lowest BCUT2D eigenvalue weighted by Crippen LogP contribution is -2.40. The minimum absolute atomic E-state index is 0.0187. The van der Waals surface area contributed by atoms with Gasteiger partial charge >= 0.3 is 0 Å². The van der Waals surface area contributed by atoms with Crippen LogP contribution in [0.5, 0.6) is 0 Å². The van der Waals surface area contributed by atoms with Gasteiger partial charge in [-0.3, -0.25) is 14.5 Å². The maximum atomic E-state index is 12.3. The molecule has 1 aromatic carbocycles. The van der Waals surface area contributed by atoms with Crippen molar-refractivity contribution in [1.29, 1.82) is 0 Å². The van der Waals surface area contributed by atoms with Gasteiger partial charge in [-0.1, -0.05) is 32.8 Å². The van der Waals surface area contributed by atoms with Crippen LogP contribution >= 0.6 is 0 Å². The van der Waals surface area contributed by atoms with Gasteiger partial charge < -0.3 is 16.4 Å². The van der Waals surface area contributed by atoms with Gasteiger partial charge in [-0.25, -0.2) is 0 Å². The highest BCUT2D eigenvalue weighted by Crippen LogP contribution is 2.21. The predicted octanol–water partition coefficient (Wildman–Crippen LogP) is 2.73. The average Bonchev–Trinajstić information content (AvgIpc) is 2.63. The summed E-state index contributed by atoms with van der Waals surface area (Å²) in [4.78, 5) is 26.8. The van der Waals surface area contributed by atoms with Crippen LogP contribution in [-0.2, 0) is 9.59 Å². The number of benzene rings is 1. The first-order valence-corrected chi connectivity index (χ1v) is 9.60. The Morgan fingerprint density at radius 1 is 1.19 bits per heavy atom.